The van der Waals surface area contributed by atoms with Crippen LogP contribution in [0.1, 0.15) is 0 Å². The lowest BCUT2D eigenvalue weighted by atomic mass is 10.4. The van der Waals surface area contributed by atoms with Gasteiger partial charge in [-0.15, -0.1) is 6.58 Å². The van der Waals surface area contributed by atoms with Crippen LogP contribution in [-0.4, -0.2) is 15.0 Å². The number of hydrogen-bond acceptors (Lipinski definition) is 2. The zero-order chi connectivity index (χ0) is 11.5. The van der Waals surface area contributed by atoms with Gasteiger partial charge in [0.25, 0.3) is 0 Å². The van der Waals surface area contributed by atoms with E-state index in [4.69, 9.17) is 23.2 Å². The molecule has 0 unspecified atom stereocenters. The molecule has 0 bridgehead atoms. The second-order valence-electron chi connectivity index (χ2n) is 2.69. The SMILES string of the molecule is C=CCNS(=O)(=O)c1c(Cl)cccc1Cl. The predicted octanol–water partition coefficient (Wildman–Crippen LogP) is 2.46. The summed E-state index contributed by atoms with van der Waals surface area (Å²) in [5, 5.41) is 0.193. The molecular formula is C9H9Cl2NO2S. The minimum absolute atomic E-state index is 0.0964. The highest BCUT2D eigenvalue weighted by Gasteiger charge is 2.20. The van der Waals surface area contributed by atoms with Gasteiger partial charge in [-0.3, -0.25) is 0 Å². The lowest BCUT2D eigenvalue weighted by molar-refractivity contribution is 0.586. The first-order valence-corrected chi connectivity index (χ1v) is 6.27. The van der Waals surface area contributed by atoms with E-state index in [1.54, 1.807) is 6.07 Å². The molecule has 0 aliphatic rings. The molecular weight excluding hydrogens is 257 g/mol. The summed E-state index contributed by atoms with van der Waals surface area (Å²) >= 11 is 11.5. The van der Waals surface area contributed by atoms with E-state index in [1.807, 2.05) is 0 Å². The number of sulfonamides is 1. The van der Waals surface area contributed by atoms with Crippen LogP contribution < -0.4 is 4.72 Å². The lowest BCUT2D eigenvalue weighted by Gasteiger charge is -2.08. The molecule has 0 aliphatic heterocycles. The second kappa shape index (κ2) is 4.99. The van der Waals surface area contributed by atoms with Crippen molar-refractivity contribution in [2.24, 2.45) is 0 Å². The van der Waals surface area contributed by atoms with Crippen LogP contribution in [0.2, 0.25) is 10.0 Å². The number of hydrogen-bond donors (Lipinski definition) is 1. The quantitative estimate of drug-likeness (QED) is 0.851. The number of benzene rings is 1. The van der Waals surface area contributed by atoms with E-state index in [2.05, 4.69) is 11.3 Å². The highest BCUT2D eigenvalue weighted by molar-refractivity contribution is 7.89. The van der Waals surface area contributed by atoms with Crippen LogP contribution >= 0.6 is 23.2 Å². The van der Waals surface area contributed by atoms with Crippen LogP contribution in [-0.2, 0) is 10.0 Å². The van der Waals surface area contributed by atoms with Gasteiger partial charge in [0.05, 0.1) is 10.0 Å². The van der Waals surface area contributed by atoms with Crippen LogP contribution in [0, 0.1) is 0 Å². The topological polar surface area (TPSA) is 46.2 Å². The van der Waals surface area contributed by atoms with Gasteiger partial charge in [0.1, 0.15) is 4.90 Å². The first-order chi connectivity index (χ1) is 6.99. The Hall–Kier alpha value is -0.550. The molecule has 1 rings (SSSR count). The van der Waals surface area contributed by atoms with E-state index in [0.29, 0.717) is 0 Å². The van der Waals surface area contributed by atoms with Crippen LogP contribution in [0.25, 0.3) is 0 Å². The van der Waals surface area contributed by atoms with Gasteiger partial charge in [0, 0.05) is 6.54 Å². The van der Waals surface area contributed by atoms with Crippen molar-refractivity contribution in [3.05, 3.63) is 40.9 Å². The Kier molecular flexibility index (Phi) is 4.16. The van der Waals surface area contributed by atoms with Crippen LogP contribution in [0.4, 0.5) is 0 Å². The molecule has 0 radical (unpaired) electrons. The third-order valence-electron chi connectivity index (χ3n) is 1.61. The van der Waals surface area contributed by atoms with Crippen molar-refractivity contribution in [2.45, 2.75) is 4.90 Å². The molecule has 1 aromatic rings. The van der Waals surface area contributed by atoms with E-state index in [0.717, 1.165) is 0 Å². The summed E-state index contributed by atoms with van der Waals surface area (Å²) in [5.74, 6) is 0. The largest absolute Gasteiger partial charge is 0.243 e. The average molecular weight is 266 g/mol. The molecule has 0 atom stereocenters. The highest BCUT2D eigenvalue weighted by atomic mass is 35.5. The van der Waals surface area contributed by atoms with Crippen molar-refractivity contribution in [3.63, 3.8) is 0 Å². The van der Waals surface area contributed by atoms with Gasteiger partial charge in [0.15, 0.2) is 0 Å². The van der Waals surface area contributed by atoms with Gasteiger partial charge >= 0.3 is 0 Å². The molecule has 6 heteroatoms. The van der Waals surface area contributed by atoms with E-state index in [9.17, 15) is 8.42 Å². The summed E-state index contributed by atoms with van der Waals surface area (Å²) in [6.07, 6.45) is 1.43. The van der Waals surface area contributed by atoms with Gasteiger partial charge in [-0.2, -0.15) is 0 Å². The molecule has 0 saturated heterocycles. The normalized spacial score (nSPS) is 11.3. The molecule has 0 spiro atoms. The van der Waals surface area contributed by atoms with Crippen molar-refractivity contribution in [1.82, 2.24) is 4.72 Å². The third kappa shape index (κ3) is 2.95. The molecule has 0 aliphatic carbocycles. The van der Waals surface area contributed by atoms with Crippen molar-refractivity contribution in [1.29, 1.82) is 0 Å². The second-order valence-corrected chi connectivity index (χ2v) is 5.21. The van der Waals surface area contributed by atoms with Crippen molar-refractivity contribution in [2.75, 3.05) is 6.54 Å². The first kappa shape index (κ1) is 12.5. The molecule has 15 heavy (non-hydrogen) atoms. The number of nitrogens with one attached hydrogen (secondary N) is 1. The maximum Gasteiger partial charge on any atom is 0.243 e. The Morgan fingerprint density at radius 3 is 2.33 bits per heavy atom. The van der Waals surface area contributed by atoms with Crippen molar-refractivity contribution in [3.8, 4) is 0 Å². The van der Waals surface area contributed by atoms with Gasteiger partial charge in [-0.25, -0.2) is 13.1 Å². The maximum atomic E-state index is 11.7. The average Bonchev–Trinajstić information content (AvgIpc) is 2.14. The number of rotatable bonds is 4. The molecule has 0 heterocycles. The van der Waals surface area contributed by atoms with Crippen LogP contribution in [0.3, 0.4) is 0 Å². The highest BCUT2D eigenvalue weighted by Crippen LogP contribution is 2.28. The van der Waals surface area contributed by atoms with E-state index < -0.39 is 10.0 Å². The lowest BCUT2D eigenvalue weighted by Crippen LogP contribution is -2.24. The summed E-state index contributed by atoms with van der Waals surface area (Å²) in [6, 6.07) is 4.52. The molecule has 82 valence electrons. The number of halogens is 2. The summed E-state index contributed by atoms with van der Waals surface area (Å²) < 4.78 is 25.7. The fourth-order valence-corrected chi connectivity index (χ4v) is 3.12. The zero-order valence-electron chi connectivity index (χ0n) is 7.70. The third-order valence-corrected chi connectivity index (χ3v) is 3.98. The molecule has 1 N–H and O–H groups in total. The minimum Gasteiger partial charge on any atom is -0.207 e. The molecule has 0 saturated carbocycles. The molecule has 3 nitrogen and oxygen atoms in total. The summed E-state index contributed by atoms with van der Waals surface area (Å²) in [4.78, 5) is -0.102. The zero-order valence-corrected chi connectivity index (χ0v) is 10.0. The Balaban J connectivity index is 3.21. The Labute approximate surface area is 98.8 Å². The van der Waals surface area contributed by atoms with Crippen LogP contribution in [0.5, 0.6) is 0 Å². The molecule has 1 aromatic carbocycles. The summed E-state index contributed by atoms with van der Waals surface area (Å²) in [7, 11) is -3.67. The molecule has 0 amide bonds. The maximum absolute atomic E-state index is 11.7. The Morgan fingerprint density at radius 1 is 1.33 bits per heavy atom. The fourth-order valence-electron chi connectivity index (χ4n) is 0.980. The summed E-state index contributed by atoms with van der Waals surface area (Å²) in [5.41, 5.74) is 0. The molecule has 0 aromatic heterocycles. The van der Waals surface area contributed by atoms with Gasteiger partial charge < -0.3 is 0 Å². The first-order valence-electron chi connectivity index (χ1n) is 4.03. The minimum atomic E-state index is -3.67. The summed E-state index contributed by atoms with van der Waals surface area (Å²) in [6.45, 7) is 3.54. The van der Waals surface area contributed by atoms with Gasteiger partial charge in [-0.05, 0) is 12.1 Å². The van der Waals surface area contributed by atoms with E-state index in [-0.39, 0.29) is 21.5 Å². The van der Waals surface area contributed by atoms with Crippen LogP contribution in [0.15, 0.2) is 35.7 Å². The predicted molar refractivity (Wildman–Crippen MR) is 61.8 cm³/mol. The smallest absolute Gasteiger partial charge is 0.207 e. The van der Waals surface area contributed by atoms with Crippen molar-refractivity contribution >= 4 is 33.2 Å². The Bertz CT molecular complexity index is 451. The fraction of sp³-hybridized carbons (Fsp3) is 0.111. The monoisotopic (exact) mass is 265 g/mol. The van der Waals surface area contributed by atoms with E-state index >= 15 is 0 Å². The Morgan fingerprint density at radius 2 is 1.87 bits per heavy atom. The standard InChI is InChI=1S/C9H9Cl2NO2S/c1-2-6-12-15(13,14)9-7(10)4-3-5-8(9)11/h2-5,12H,1,6H2. The van der Waals surface area contributed by atoms with E-state index in [1.165, 1.54) is 18.2 Å². The van der Waals surface area contributed by atoms with Gasteiger partial charge in [-0.1, -0.05) is 35.3 Å². The van der Waals surface area contributed by atoms with Crippen molar-refractivity contribution < 1.29 is 8.42 Å². The molecule has 0 fully saturated rings. The van der Waals surface area contributed by atoms with Gasteiger partial charge in [0.2, 0.25) is 10.0 Å².